The van der Waals surface area contributed by atoms with Crippen molar-refractivity contribution in [3.8, 4) is 0 Å². The van der Waals surface area contributed by atoms with Gasteiger partial charge in [-0.25, -0.2) is 4.79 Å². The van der Waals surface area contributed by atoms with Gasteiger partial charge in [0.15, 0.2) is 0 Å². The first-order valence-electron chi connectivity index (χ1n) is 12.3. The van der Waals surface area contributed by atoms with Gasteiger partial charge in [0.2, 0.25) is 11.8 Å². The number of hydrogen-bond acceptors (Lipinski definition) is 4. The van der Waals surface area contributed by atoms with Crippen molar-refractivity contribution in [3.05, 3.63) is 11.6 Å². The second kappa shape index (κ2) is 12.0. The van der Waals surface area contributed by atoms with Crippen molar-refractivity contribution < 1.29 is 19.5 Å². The van der Waals surface area contributed by atoms with Gasteiger partial charge >= 0.3 is 5.97 Å². The minimum Gasteiger partial charge on any atom is -0.478 e. The highest BCUT2D eigenvalue weighted by Crippen LogP contribution is 2.27. The molecule has 1 aliphatic rings. The number of hydrogen-bond donors (Lipinski definition) is 2. The summed E-state index contributed by atoms with van der Waals surface area (Å²) in [6.45, 7) is 18.7. The molecular formula is C26H47N3O4. The van der Waals surface area contributed by atoms with Crippen LogP contribution in [0.15, 0.2) is 11.6 Å². The average molecular weight is 466 g/mol. The van der Waals surface area contributed by atoms with Crippen molar-refractivity contribution in [1.82, 2.24) is 15.1 Å². The Balaban J connectivity index is 3.18. The van der Waals surface area contributed by atoms with Crippen LogP contribution in [0.25, 0.3) is 0 Å². The third-order valence-corrected chi connectivity index (χ3v) is 6.97. The van der Waals surface area contributed by atoms with Gasteiger partial charge in [-0.15, -0.1) is 0 Å². The van der Waals surface area contributed by atoms with Gasteiger partial charge in [0, 0.05) is 18.7 Å². The number of carbonyl (C=O) groups excluding carboxylic acids is 2. The Hall–Kier alpha value is -1.89. The predicted molar refractivity (Wildman–Crippen MR) is 133 cm³/mol. The van der Waals surface area contributed by atoms with Crippen LogP contribution >= 0.6 is 0 Å². The average Bonchev–Trinajstić information content (AvgIpc) is 2.72. The topological polar surface area (TPSA) is 90.0 Å². The summed E-state index contributed by atoms with van der Waals surface area (Å²) in [5.74, 6) is -0.852. The van der Waals surface area contributed by atoms with E-state index in [1.807, 2.05) is 34.6 Å². The van der Waals surface area contributed by atoms with Gasteiger partial charge in [0.25, 0.3) is 0 Å². The Morgan fingerprint density at radius 3 is 2.09 bits per heavy atom. The molecule has 1 heterocycles. The Kier molecular flexibility index (Phi) is 10.6. The summed E-state index contributed by atoms with van der Waals surface area (Å²) >= 11 is 0. The lowest BCUT2D eigenvalue weighted by Crippen LogP contribution is -2.61. The third-order valence-electron chi connectivity index (χ3n) is 6.97. The standard InChI is InChI=1S/C26H47N3O4/c1-16(2)19(6)29-14-12-11-13-20(29)23(30)27-22(26(7,8)9)24(31)28(10)21(17(3)4)15-18(5)25(32)33/h15-17,19-22H,11-14H2,1-10H3,(H,27,30)(H,32,33)/b18-15+/t19?,20-,21-,22-/m1/s1. The van der Waals surface area contributed by atoms with E-state index in [9.17, 15) is 19.5 Å². The van der Waals surface area contributed by atoms with Gasteiger partial charge in [0.1, 0.15) is 6.04 Å². The molecule has 2 amide bonds. The SMILES string of the molecule is C/C(=C\[C@H](C(C)C)N(C)C(=O)[C@@H](NC(=O)[C@H]1CCCCN1C(C)C(C)C)C(C)(C)C)C(=O)O. The van der Waals surface area contributed by atoms with Crippen LogP contribution in [0.4, 0.5) is 0 Å². The normalized spacial score (nSPS) is 21.0. The minimum atomic E-state index is -1.00. The number of nitrogens with zero attached hydrogens (tertiary/aromatic N) is 2. The van der Waals surface area contributed by atoms with Crippen LogP contribution in [0.1, 0.15) is 81.6 Å². The molecule has 2 N–H and O–H groups in total. The summed E-state index contributed by atoms with van der Waals surface area (Å²) in [6, 6.07) is -1.06. The molecule has 0 spiro atoms. The number of amides is 2. The highest BCUT2D eigenvalue weighted by molar-refractivity contribution is 5.91. The molecule has 1 unspecified atom stereocenters. The van der Waals surface area contributed by atoms with Crippen molar-refractivity contribution >= 4 is 17.8 Å². The fourth-order valence-electron chi connectivity index (χ4n) is 4.42. The molecule has 0 aromatic carbocycles. The minimum absolute atomic E-state index is 0.0188. The van der Waals surface area contributed by atoms with Crippen molar-refractivity contribution in [2.45, 2.75) is 106 Å². The Morgan fingerprint density at radius 1 is 1.06 bits per heavy atom. The molecule has 0 saturated carbocycles. The molecule has 1 saturated heterocycles. The van der Waals surface area contributed by atoms with Crippen LogP contribution in [0.2, 0.25) is 0 Å². The molecule has 0 radical (unpaired) electrons. The van der Waals surface area contributed by atoms with Crippen LogP contribution in [0.5, 0.6) is 0 Å². The van der Waals surface area contributed by atoms with E-state index < -0.39 is 17.4 Å². The van der Waals surface area contributed by atoms with Crippen LogP contribution < -0.4 is 5.32 Å². The molecule has 1 aliphatic heterocycles. The van der Waals surface area contributed by atoms with Gasteiger partial charge in [-0.1, -0.05) is 61.0 Å². The molecule has 0 aromatic heterocycles. The van der Waals surface area contributed by atoms with Crippen LogP contribution in [-0.4, -0.2) is 70.4 Å². The summed E-state index contributed by atoms with van der Waals surface area (Å²) in [6.07, 6.45) is 4.50. The van der Waals surface area contributed by atoms with Gasteiger partial charge < -0.3 is 15.3 Å². The van der Waals surface area contributed by atoms with E-state index in [-0.39, 0.29) is 41.4 Å². The number of carboxylic acids is 1. The van der Waals surface area contributed by atoms with E-state index in [2.05, 4.69) is 31.0 Å². The largest absolute Gasteiger partial charge is 0.478 e. The first-order valence-corrected chi connectivity index (χ1v) is 12.3. The number of nitrogens with one attached hydrogen (secondary N) is 1. The maximum absolute atomic E-state index is 13.6. The van der Waals surface area contributed by atoms with Gasteiger partial charge in [0.05, 0.1) is 12.1 Å². The predicted octanol–water partition coefficient (Wildman–Crippen LogP) is 3.93. The fourth-order valence-corrected chi connectivity index (χ4v) is 4.42. The molecule has 0 aliphatic carbocycles. The van der Waals surface area contributed by atoms with Crippen LogP contribution in [0.3, 0.4) is 0 Å². The lowest BCUT2D eigenvalue weighted by Gasteiger charge is -2.42. The zero-order valence-electron chi connectivity index (χ0n) is 22.4. The Labute approximate surface area is 201 Å². The second-order valence-corrected chi connectivity index (χ2v) is 11.4. The maximum atomic E-state index is 13.6. The third kappa shape index (κ3) is 7.83. The summed E-state index contributed by atoms with van der Waals surface area (Å²) in [7, 11) is 1.69. The van der Waals surface area contributed by atoms with Crippen LogP contribution in [0, 0.1) is 17.3 Å². The van der Waals surface area contributed by atoms with E-state index in [1.54, 1.807) is 18.0 Å². The smallest absolute Gasteiger partial charge is 0.331 e. The van der Waals surface area contributed by atoms with Crippen molar-refractivity contribution in [1.29, 1.82) is 0 Å². The molecule has 190 valence electrons. The second-order valence-electron chi connectivity index (χ2n) is 11.4. The monoisotopic (exact) mass is 465 g/mol. The summed E-state index contributed by atoms with van der Waals surface area (Å²) in [5, 5.41) is 12.4. The summed E-state index contributed by atoms with van der Waals surface area (Å²) in [4.78, 5) is 42.4. The number of likely N-dealkylation sites (N-methyl/N-ethyl adjacent to an activating group) is 1. The number of carbonyl (C=O) groups is 3. The number of aliphatic carboxylic acids is 1. The maximum Gasteiger partial charge on any atom is 0.331 e. The highest BCUT2D eigenvalue weighted by Gasteiger charge is 2.40. The van der Waals surface area contributed by atoms with E-state index in [1.165, 1.54) is 6.92 Å². The van der Waals surface area contributed by atoms with E-state index >= 15 is 0 Å². The first kappa shape index (κ1) is 29.1. The number of likely N-dealkylation sites (tertiary alicyclic amines) is 1. The van der Waals surface area contributed by atoms with Gasteiger partial charge in [-0.3, -0.25) is 14.5 Å². The highest BCUT2D eigenvalue weighted by atomic mass is 16.4. The molecule has 1 fully saturated rings. The first-order chi connectivity index (χ1) is 15.1. The molecule has 0 bridgehead atoms. The fraction of sp³-hybridized carbons (Fsp3) is 0.808. The van der Waals surface area contributed by atoms with Crippen molar-refractivity contribution in [3.63, 3.8) is 0 Å². The zero-order valence-corrected chi connectivity index (χ0v) is 22.4. The number of piperidine rings is 1. The lowest BCUT2D eigenvalue weighted by atomic mass is 9.84. The van der Waals surface area contributed by atoms with Crippen molar-refractivity contribution in [2.75, 3.05) is 13.6 Å². The van der Waals surface area contributed by atoms with Crippen molar-refractivity contribution in [2.24, 2.45) is 17.3 Å². The van der Waals surface area contributed by atoms with Gasteiger partial charge in [-0.05, 0) is 50.5 Å². The molecule has 0 aromatic rings. The van der Waals surface area contributed by atoms with Gasteiger partial charge in [-0.2, -0.15) is 0 Å². The molecule has 7 heteroatoms. The molecule has 4 atom stereocenters. The molecular weight excluding hydrogens is 418 g/mol. The lowest BCUT2D eigenvalue weighted by molar-refractivity contribution is -0.142. The van der Waals surface area contributed by atoms with E-state index in [0.29, 0.717) is 5.92 Å². The van der Waals surface area contributed by atoms with Crippen LogP contribution in [-0.2, 0) is 14.4 Å². The molecule has 7 nitrogen and oxygen atoms in total. The zero-order chi connectivity index (χ0) is 25.7. The quantitative estimate of drug-likeness (QED) is 0.504. The number of carboxylic acid groups (broad SMARTS) is 1. The van der Waals surface area contributed by atoms with E-state index in [4.69, 9.17) is 0 Å². The number of rotatable bonds is 9. The Morgan fingerprint density at radius 2 is 1.64 bits per heavy atom. The molecule has 33 heavy (non-hydrogen) atoms. The summed E-state index contributed by atoms with van der Waals surface area (Å²) < 4.78 is 0. The molecule has 1 rings (SSSR count). The van der Waals surface area contributed by atoms with E-state index in [0.717, 1.165) is 25.8 Å². The Bertz CT molecular complexity index is 724. The summed E-state index contributed by atoms with van der Waals surface area (Å²) in [5.41, 5.74) is -0.303.